The second kappa shape index (κ2) is 5.81. The van der Waals surface area contributed by atoms with Crippen molar-refractivity contribution in [2.45, 2.75) is 29.2 Å². The number of nitrogens with two attached hydrogens (primary N) is 1. The molecule has 1 aromatic carbocycles. The lowest BCUT2D eigenvalue weighted by atomic mass is 9.87. The van der Waals surface area contributed by atoms with Crippen LogP contribution < -0.4 is 10.5 Å². The molecule has 0 spiro atoms. The molecule has 5 heteroatoms. The van der Waals surface area contributed by atoms with Crippen molar-refractivity contribution in [2.75, 3.05) is 7.11 Å². The number of ether oxygens (including phenoxy) is 1. The Morgan fingerprint density at radius 1 is 1.35 bits per heavy atom. The van der Waals surface area contributed by atoms with Crippen LogP contribution in [-0.4, -0.2) is 22.3 Å². The van der Waals surface area contributed by atoms with Crippen LogP contribution in [0.4, 0.5) is 0 Å². The molecule has 0 amide bonds. The van der Waals surface area contributed by atoms with Gasteiger partial charge in [0, 0.05) is 23.7 Å². The fraction of sp³-hybridized carbons (Fsp3) is 0.333. The Hall–Kier alpha value is -1.59. The molecule has 1 aliphatic rings. The molecule has 0 radical (unpaired) electrons. The summed E-state index contributed by atoms with van der Waals surface area (Å²) in [4.78, 5) is 8.42. The number of thioether (sulfide) groups is 1. The SMILES string of the molecule is COc1ccc2c(c1)C(N)C(Sc1cnccn1)CC2. The first-order valence-electron chi connectivity index (χ1n) is 6.63. The quantitative estimate of drug-likeness (QED) is 0.940. The molecule has 0 aliphatic heterocycles. The van der Waals surface area contributed by atoms with E-state index in [4.69, 9.17) is 10.5 Å². The average molecular weight is 287 g/mol. The first kappa shape index (κ1) is 13.4. The number of hydrogen-bond donors (Lipinski definition) is 1. The zero-order valence-corrected chi connectivity index (χ0v) is 12.1. The van der Waals surface area contributed by atoms with Crippen molar-refractivity contribution in [3.63, 3.8) is 0 Å². The molecule has 0 saturated carbocycles. The summed E-state index contributed by atoms with van der Waals surface area (Å²) in [6.45, 7) is 0. The van der Waals surface area contributed by atoms with Crippen LogP contribution in [0, 0.1) is 0 Å². The molecule has 1 heterocycles. The summed E-state index contributed by atoms with van der Waals surface area (Å²) in [5.74, 6) is 0.865. The lowest BCUT2D eigenvalue weighted by Crippen LogP contribution is -2.29. The number of nitrogens with zero attached hydrogens (tertiary/aromatic N) is 2. The molecular formula is C15H17N3OS. The summed E-state index contributed by atoms with van der Waals surface area (Å²) in [6, 6.07) is 6.18. The zero-order valence-electron chi connectivity index (χ0n) is 11.3. The van der Waals surface area contributed by atoms with Crippen LogP contribution in [0.25, 0.3) is 0 Å². The van der Waals surface area contributed by atoms with Crippen molar-refractivity contribution in [1.29, 1.82) is 0 Å². The average Bonchev–Trinajstić information content (AvgIpc) is 2.51. The van der Waals surface area contributed by atoms with Crippen molar-refractivity contribution in [3.8, 4) is 5.75 Å². The molecule has 0 bridgehead atoms. The number of benzene rings is 1. The van der Waals surface area contributed by atoms with Gasteiger partial charge in [0.1, 0.15) is 10.8 Å². The molecule has 3 rings (SSSR count). The van der Waals surface area contributed by atoms with Crippen molar-refractivity contribution in [3.05, 3.63) is 47.9 Å². The molecule has 1 aliphatic carbocycles. The van der Waals surface area contributed by atoms with E-state index in [9.17, 15) is 0 Å². The maximum absolute atomic E-state index is 6.44. The molecule has 2 atom stereocenters. The van der Waals surface area contributed by atoms with Gasteiger partial charge in [-0.15, -0.1) is 0 Å². The van der Waals surface area contributed by atoms with E-state index < -0.39 is 0 Å². The molecule has 2 unspecified atom stereocenters. The molecule has 0 fully saturated rings. The maximum Gasteiger partial charge on any atom is 0.119 e. The highest BCUT2D eigenvalue weighted by Crippen LogP contribution is 2.39. The Bertz CT molecular complexity index is 591. The number of rotatable bonds is 3. The van der Waals surface area contributed by atoms with Gasteiger partial charge in [0.2, 0.25) is 0 Å². The molecule has 0 saturated heterocycles. The number of methoxy groups -OCH3 is 1. The van der Waals surface area contributed by atoms with Gasteiger partial charge in [-0.2, -0.15) is 0 Å². The predicted molar refractivity (Wildman–Crippen MR) is 79.9 cm³/mol. The largest absolute Gasteiger partial charge is 0.497 e. The fourth-order valence-electron chi connectivity index (χ4n) is 2.55. The number of aromatic nitrogens is 2. The van der Waals surface area contributed by atoms with Crippen LogP contribution >= 0.6 is 11.8 Å². The van der Waals surface area contributed by atoms with E-state index in [2.05, 4.69) is 22.1 Å². The third-order valence-electron chi connectivity index (χ3n) is 3.62. The van der Waals surface area contributed by atoms with Crippen LogP contribution in [-0.2, 0) is 6.42 Å². The molecule has 1 aromatic heterocycles. The number of hydrogen-bond acceptors (Lipinski definition) is 5. The summed E-state index contributed by atoms with van der Waals surface area (Å²) < 4.78 is 5.30. The highest BCUT2D eigenvalue weighted by Gasteiger charge is 2.28. The third-order valence-corrected chi connectivity index (χ3v) is 4.91. The van der Waals surface area contributed by atoms with E-state index in [0.29, 0.717) is 5.25 Å². The fourth-order valence-corrected chi connectivity index (χ4v) is 3.63. The Balaban J connectivity index is 1.83. The van der Waals surface area contributed by atoms with Crippen LogP contribution in [0.2, 0.25) is 0 Å². The molecule has 20 heavy (non-hydrogen) atoms. The minimum atomic E-state index is 0.000793. The van der Waals surface area contributed by atoms with Gasteiger partial charge >= 0.3 is 0 Å². The zero-order chi connectivity index (χ0) is 13.9. The summed E-state index contributed by atoms with van der Waals surface area (Å²) in [6.07, 6.45) is 7.30. The first-order chi connectivity index (χ1) is 9.78. The smallest absolute Gasteiger partial charge is 0.119 e. The van der Waals surface area contributed by atoms with Crippen molar-refractivity contribution < 1.29 is 4.74 Å². The van der Waals surface area contributed by atoms with Crippen molar-refractivity contribution in [2.24, 2.45) is 5.73 Å². The van der Waals surface area contributed by atoms with Gasteiger partial charge in [-0.3, -0.25) is 4.98 Å². The second-order valence-corrected chi connectivity index (χ2v) is 6.09. The Labute approximate surface area is 122 Å². The second-order valence-electron chi connectivity index (χ2n) is 4.83. The standard InChI is InChI=1S/C15H17N3OS/c1-19-11-4-2-10-3-5-13(15(16)12(10)8-11)20-14-9-17-6-7-18-14/h2,4,6-9,13,15H,3,5,16H2,1H3. The molecular weight excluding hydrogens is 270 g/mol. The third kappa shape index (κ3) is 2.64. The van der Waals surface area contributed by atoms with Crippen LogP contribution in [0.1, 0.15) is 23.6 Å². The molecule has 2 aromatic rings. The summed E-state index contributed by atoms with van der Waals surface area (Å²) in [5, 5.41) is 1.26. The topological polar surface area (TPSA) is 61.0 Å². The molecule has 2 N–H and O–H groups in total. The lowest BCUT2D eigenvalue weighted by molar-refractivity contribution is 0.412. The Morgan fingerprint density at radius 3 is 3.00 bits per heavy atom. The van der Waals surface area contributed by atoms with E-state index in [1.54, 1.807) is 37.5 Å². The highest BCUT2D eigenvalue weighted by atomic mass is 32.2. The Morgan fingerprint density at radius 2 is 2.25 bits per heavy atom. The van der Waals surface area contributed by atoms with E-state index >= 15 is 0 Å². The Kier molecular flexibility index (Phi) is 3.89. The first-order valence-corrected chi connectivity index (χ1v) is 7.51. The van der Waals surface area contributed by atoms with Crippen molar-refractivity contribution >= 4 is 11.8 Å². The van der Waals surface area contributed by atoms with E-state index in [1.807, 2.05) is 6.07 Å². The van der Waals surface area contributed by atoms with Gasteiger partial charge in [-0.05, 0) is 36.1 Å². The summed E-state index contributed by atoms with van der Waals surface area (Å²) in [7, 11) is 1.68. The van der Waals surface area contributed by atoms with Gasteiger partial charge in [-0.25, -0.2) is 4.98 Å². The van der Waals surface area contributed by atoms with Crippen molar-refractivity contribution in [1.82, 2.24) is 9.97 Å². The van der Waals surface area contributed by atoms with Gasteiger partial charge in [-0.1, -0.05) is 17.8 Å². The van der Waals surface area contributed by atoms with E-state index in [-0.39, 0.29) is 6.04 Å². The van der Waals surface area contributed by atoms with Gasteiger partial charge in [0.25, 0.3) is 0 Å². The maximum atomic E-state index is 6.44. The predicted octanol–water partition coefficient (Wildman–Crippen LogP) is 2.59. The molecule has 4 nitrogen and oxygen atoms in total. The van der Waals surface area contributed by atoms with E-state index in [1.165, 1.54) is 11.1 Å². The normalized spacial score (nSPS) is 21.3. The highest BCUT2D eigenvalue weighted by molar-refractivity contribution is 7.99. The van der Waals surface area contributed by atoms with Crippen LogP contribution in [0.5, 0.6) is 5.75 Å². The minimum Gasteiger partial charge on any atom is -0.497 e. The number of fused-ring (bicyclic) bond motifs is 1. The van der Waals surface area contributed by atoms with Crippen LogP contribution in [0.15, 0.2) is 41.8 Å². The monoisotopic (exact) mass is 287 g/mol. The van der Waals surface area contributed by atoms with E-state index in [0.717, 1.165) is 23.6 Å². The number of aryl methyl sites for hydroxylation is 1. The lowest BCUT2D eigenvalue weighted by Gasteiger charge is -2.30. The van der Waals surface area contributed by atoms with Gasteiger partial charge in [0.15, 0.2) is 0 Å². The summed E-state index contributed by atoms with van der Waals surface area (Å²) >= 11 is 1.71. The van der Waals surface area contributed by atoms with Crippen LogP contribution in [0.3, 0.4) is 0 Å². The van der Waals surface area contributed by atoms with Gasteiger partial charge in [0.05, 0.1) is 13.3 Å². The minimum absolute atomic E-state index is 0.000793. The van der Waals surface area contributed by atoms with Gasteiger partial charge < -0.3 is 10.5 Å². The summed E-state index contributed by atoms with van der Waals surface area (Å²) in [5.41, 5.74) is 8.96. The molecule has 104 valence electrons.